The average Bonchev–Trinajstić information content (AvgIpc) is 2.82. The van der Waals surface area contributed by atoms with Gasteiger partial charge in [0, 0.05) is 16.6 Å². The highest BCUT2D eigenvalue weighted by Gasteiger charge is 2.19. The number of furan rings is 1. The summed E-state index contributed by atoms with van der Waals surface area (Å²) in [6.45, 7) is 3.29. The van der Waals surface area contributed by atoms with Gasteiger partial charge in [0.1, 0.15) is 5.82 Å². The van der Waals surface area contributed by atoms with Gasteiger partial charge in [-0.1, -0.05) is 12.1 Å². The Morgan fingerprint density at radius 2 is 1.86 bits per heavy atom. The van der Waals surface area contributed by atoms with Crippen molar-refractivity contribution in [3.8, 4) is 0 Å². The molecule has 0 radical (unpaired) electrons. The Labute approximate surface area is 125 Å². The Balaban J connectivity index is 1.97. The van der Waals surface area contributed by atoms with Crippen molar-refractivity contribution < 1.29 is 18.0 Å². The fraction of sp³-hybridized carbons (Fsp3) is 0.118. The summed E-state index contributed by atoms with van der Waals surface area (Å²) in [4.78, 5) is 12.3. The van der Waals surface area contributed by atoms with Gasteiger partial charge < -0.3 is 9.73 Å². The number of rotatable bonds is 2. The molecule has 0 spiro atoms. The number of fused-ring (bicyclic) bond motifs is 1. The minimum Gasteiger partial charge on any atom is -0.448 e. The van der Waals surface area contributed by atoms with Crippen LogP contribution in [-0.4, -0.2) is 5.91 Å². The highest BCUT2D eigenvalue weighted by atomic mass is 19.1. The molecule has 1 heterocycles. The predicted octanol–water partition coefficient (Wildman–Crippen LogP) is 4.58. The SMILES string of the molecule is Cc1cc(NC(=O)c2oc3c(F)cccc3c2C)ccc1F. The molecule has 0 aliphatic heterocycles. The molecule has 0 bridgehead atoms. The summed E-state index contributed by atoms with van der Waals surface area (Å²) in [6, 6.07) is 8.78. The number of carbonyl (C=O) groups is 1. The smallest absolute Gasteiger partial charge is 0.291 e. The molecule has 22 heavy (non-hydrogen) atoms. The lowest BCUT2D eigenvalue weighted by Gasteiger charge is -2.05. The number of benzene rings is 2. The third-order valence-electron chi connectivity index (χ3n) is 3.54. The lowest BCUT2D eigenvalue weighted by atomic mass is 10.1. The van der Waals surface area contributed by atoms with E-state index in [0.717, 1.165) is 0 Å². The maximum Gasteiger partial charge on any atom is 0.291 e. The second-order valence-corrected chi connectivity index (χ2v) is 5.09. The summed E-state index contributed by atoms with van der Waals surface area (Å²) in [7, 11) is 0. The van der Waals surface area contributed by atoms with E-state index in [1.54, 1.807) is 26.0 Å². The van der Waals surface area contributed by atoms with Gasteiger partial charge in [-0.05, 0) is 43.7 Å². The zero-order valence-electron chi connectivity index (χ0n) is 12.0. The van der Waals surface area contributed by atoms with Crippen LogP contribution in [0.1, 0.15) is 21.7 Å². The molecule has 1 amide bonds. The largest absolute Gasteiger partial charge is 0.448 e. The van der Waals surface area contributed by atoms with E-state index >= 15 is 0 Å². The van der Waals surface area contributed by atoms with Crippen LogP contribution in [0.3, 0.4) is 0 Å². The Morgan fingerprint density at radius 3 is 2.55 bits per heavy atom. The predicted molar refractivity (Wildman–Crippen MR) is 80.0 cm³/mol. The minimum absolute atomic E-state index is 0.0436. The first-order chi connectivity index (χ1) is 10.5. The van der Waals surface area contributed by atoms with Gasteiger partial charge in [0.05, 0.1) is 0 Å². The van der Waals surface area contributed by atoms with Crippen LogP contribution >= 0.6 is 0 Å². The molecule has 0 atom stereocenters. The van der Waals surface area contributed by atoms with Crippen molar-refractivity contribution in [2.45, 2.75) is 13.8 Å². The number of hydrogen-bond donors (Lipinski definition) is 1. The van der Waals surface area contributed by atoms with Gasteiger partial charge in [0.25, 0.3) is 5.91 Å². The molecule has 3 rings (SSSR count). The zero-order chi connectivity index (χ0) is 15.9. The molecular weight excluding hydrogens is 288 g/mol. The molecule has 1 N–H and O–H groups in total. The topological polar surface area (TPSA) is 42.2 Å². The summed E-state index contributed by atoms with van der Waals surface area (Å²) in [5.74, 6) is -1.32. The van der Waals surface area contributed by atoms with Crippen molar-refractivity contribution in [2.75, 3.05) is 5.32 Å². The van der Waals surface area contributed by atoms with Gasteiger partial charge in [-0.3, -0.25) is 4.79 Å². The van der Waals surface area contributed by atoms with Crippen LogP contribution in [-0.2, 0) is 0 Å². The van der Waals surface area contributed by atoms with Crippen LogP contribution in [0.2, 0.25) is 0 Å². The summed E-state index contributed by atoms with van der Waals surface area (Å²) in [6.07, 6.45) is 0. The molecule has 112 valence electrons. The molecule has 0 unspecified atom stereocenters. The van der Waals surface area contributed by atoms with Gasteiger partial charge >= 0.3 is 0 Å². The maximum absolute atomic E-state index is 13.7. The quantitative estimate of drug-likeness (QED) is 0.752. The molecule has 3 aromatic rings. The molecule has 1 aromatic heterocycles. The molecule has 0 aliphatic rings. The number of anilines is 1. The fourth-order valence-electron chi connectivity index (χ4n) is 2.34. The van der Waals surface area contributed by atoms with Crippen molar-refractivity contribution in [1.29, 1.82) is 0 Å². The van der Waals surface area contributed by atoms with Crippen LogP contribution in [0, 0.1) is 25.5 Å². The van der Waals surface area contributed by atoms with Crippen LogP contribution in [0.4, 0.5) is 14.5 Å². The van der Waals surface area contributed by atoms with E-state index in [-0.39, 0.29) is 17.2 Å². The van der Waals surface area contributed by atoms with Crippen molar-refractivity contribution in [2.24, 2.45) is 0 Å². The number of nitrogens with one attached hydrogen (secondary N) is 1. The van der Waals surface area contributed by atoms with Crippen molar-refractivity contribution >= 4 is 22.6 Å². The lowest BCUT2D eigenvalue weighted by molar-refractivity contribution is 0.0997. The van der Waals surface area contributed by atoms with Crippen LogP contribution in [0.5, 0.6) is 0 Å². The van der Waals surface area contributed by atoms with Crippen molar-refractivity contribution in [1.82, 2.24) is 0 Å². The summed E-state index contributed by atoms with van der Waals surface area (Å²) in [5.41, 5.74) is 1.49. The number of hydrogen-bond acceptors (Lipinski definition) is 2. The Morgan fingerprint density at radius 1 is 1.09 bits per heavy atom. The summed E-state index contributed by atoms with van der Waals surface area (Å²) >= 11 is 0. The Bertz CT molecular complexity index is 884. The van der Waals surface area contributed by atoms with Gasteiger partial charge in [-0.2, -0.15) is 0 Å². The van der Waals surface area contributed by atoms with Crippen LogP contribution in [0.15, 0.2) is 40.8 Å². The Kier molecular flexibility index (Phi) is 3.41. The second kappa shape index (κ2) is 5.26. The highest BCUT2D eigenvalue weighted by Crippen LogP contribution is 2.28. The van der Waals surface area contributed by atoms with Crippen molar-refractivity contribution in [3.63, 3.8) is 0 Å². The molecular formula is C17H13F2NO2. The molecule has 3 nitrogen and oxygen atoms in total. The molecule has 5 heteroatoms. The molecule has 0 fully saturated rings. The minimum atomic E-state index is -0.516. The second-order valence-electron chi connectivity index (χ2n) is 5.09. The van der Waals surface area contributed by atoms with Gasteiger partial charge in [-0.25, -0.2) is 8.78 Å². The standard InChI is InChI=1S/C17H13F2NO2/c1-9-8-11(6-7-13(9)18)20-17(21)15-10(2)12-4-3-5-14(19)16(12)22-15/h3-8H,1-2H3,(H,20,21). The van der Waals surface area contributed by atoms with Gasteiger partial charge in [0.15, 0.2) is 17.2 Å². The van der Waals surface area contributed by atoms with Gasteiger partial charge in [0.2, 0.25) is 0 Å². The number of aryl methyl sites for hydroxylation is 2. The first-order valence-electron chi connectivity index (χ1n) is 6.72. The number of halogens is 2. The van der Waals surface area contributed by atoms with E-state index in [9.17, 15) is 13.6 Å². The van der Waals surface area contributed by atoms with Crippen molar-refractivity contribution in [3.05, 3.63) is 64.9 Å². The monoisotopic (exact) mass is 301 g/mol. The zero-order valence-corrected chi connectivity index (χ0v) is 12.0. The fourth-order valence-corrected chi connectivity index (χ4v) is 2.34. The third kappa shape index (κ3) is 2.35. The first-order valence-corrected chi connectivity index (χ1v) is 6.72. The number of para-hydroxylation sites is 1. The number of amides is 1. The Hall–Kier alpha value is -2.69. The summed E-state index contributed by atoms with van der Waals surface area (Å²) < 4.78 is 32.3. The normalized spacial score (nSPS) is 10.9. The lowest BCUT2D eigenvalue weighted by Crippen LogP contribution is -2.12. The van der Waals surface area contributed by atoms with Gasteiger partial charge in [-0.15, -0.1) is 0 Å². The third-order valence-corrected chi connectivity index (χ3v) is 3.54. The molecule has 0 saturated heterocycles. The van der Waals surface area contributed by atoms with E-state index in [1.165, 1.54) is 24.3 Å². The van der Waals surface area contributed by atoms with E-state index in [2.05, 4.69) is 5.32 Å². The maximum atomic E-state index is 13.7. The molecule has 2 aromatic carbocycles. The average molecular weight is 301 g/mol. The molecule has 0 saturated carbocycles. The van der Waals surface area contributed by atoms with Crippen LogP contribution in [0.25, 0.3) is 11.0 Å². The molecule has 0 aliphatic carbocycles. The van der Waals surface area contributed by atoms with E-state index < -0.39 is 11.7 Å². The highest BCUT2D eigenvalue weighted by molar-refractivity contribution is 6.06. The summed E-state index contributed by atoms with van der Waals surface area (Å²) in [5, 5.41) is 3.18. The van der Waals surface area contributed by atoms with E-state index in [0.29, 0.717) is 22.2 Å². The van der Waals surface area contributed by atoms with Crippen LogP contribution < -0.4 is 5.32 Å². The van der Waals surface area contributed by atoms with E-state index in [4.69, 9.17) is 4.42 Å². The first kappa shape index (κ1) is 14.3. The number of carbonyl (C=O) groups excluding carboxylic acids is 1. The van der Waals surface area contributed by atoms with E-state index in [1.807, 2.05) is 0 Å².